The van der Waals surface area contributed by atoms with Crippen molar-refractivity contribution < 1.29 is 14.3 Å². The maximum atomic E-state index is 13.3. The average Bonchev–Trinajstić information content (AvgIpc) is 3.01. The van der Waals surface area contributed by atoms with Crippen molar-refractivity contribution in [2.24, 2.45) is 0 Å². The molecule has 0 aromatic heterocycles. The maximum Gasteiger partial charge on any atom is 0.351 e. The van der Waals surface area contributed by atoms with Gasteiger partial charge in [-0.15, -0.1) is 0 Å². The van der Waals surface area contributed by atoms with E-state index in [1.54, 1.807) is 49.4 Å². The van der Waals surface area contributed by atoms with Crippen molar-refractivity contribution in [3.05, 3.63) is 73.1 Å². The zero-order valence-electron chi connectivity index (χ0n) is 15.7. The van der Waals surface area contributed by atoms with Gasteiger partial charge in [-0.2, -0.15) is 5.26 Å². The number of anilines is 1. The number of nitriles is 1. The number of hydrogen-bond acceptors (Lipinski definition) is 5. The third kappa shape index (κ3) is 4.84. The van der Waals surface area contributed by atoms with Crippen LogP contribution in [0.1, 0.15) is 12.5 Å². The molecule has 1 unspecified atom stereocenters. The minimum Gasteiger partial charge on any atom is -0.462 e. The van der Waals surface area contributed by atoms with Crippen LogP contribution in [0.4, 0.5) is 5.69 Å². The van der Waals surface area contributed by atoms with Gasteiger partial charge >= 0.3 is 5.97 Å². The Morgan fingerprint density at radius 3 is 2.57 bits per heavy atom. The molecule has 1 saturated heterocycles. The number of benzene rings is 2. The van der Waals surface area contributed by atoms with E-state index in [9.17, 15) is 14.9 Å². The van der Waals surface area contributed by atoms with Crippen LogP contribution in [-0.4, -0.2) is 23.7 Å². The van der Waals surface area contributed by atoms with E-state index < -0.39 is 11.2 Å². The molecule has 1 aliphatic heterocycles. The molecule has 2 aromatic carbocycles. The Kier molecular flexibility index (Phi) is 7.48. The Hall–Kier alpha value is -1.98. The summed E-state index contributed by atoms with van der Waals surface area (Å²) in [5.41, 5.74) is 1.09. The first-order valence-electron chi connectivity index (χ1n) is 8.87. The van der Waals surface area contributed by atoms with Crippen LogP contribution in [0.15, 0.2) is 57.5 Å². The third-order valence-electron chi connectivity index (χ3n) is 4.26. The molecule has 1 heterocycles. The fourth-order valence-electron chi connectivity index (χ4n) is 2.89. The molecule has 0 saturated carbocycles. The molecule has 0 bridgehead atoms. The van der Waals surface area contributed by atoms with Gasteiger partial charge in [-0.3, -0.25) is 9.69 Å². The van der Waals surface area contributed by atoms with Gasteiger partial charge in [0.05, 0.1) is 11.9 Å². The smallest absolute Gasteiger partial charge is 0.351 e. The van der Waals surface area contributed by atoms with Gasteiger partial charge in [0.1, 0.15) is 11.1 Å². The first-order chi connectivity index (χ1) is 14.3. The maximum absolute atomic E-state index is 13.3. The fourth-order valence-corrected chi connectivity index (χ4v) is 4.92. The number of rotatable bonds is 5. The Balaban J connectivity index is 2.04. The van der Waals surface area contributed by atoms with Crippen LogP contribution < -0.4 is 4.90 Å². The molecule has 1 atom stereocenters. The molecule has 5 nitrogen and oxygen atoms in total. The number of thioether (sulfide) groups is 1. The standard InChI is InChI=1S/C21H15BrCl2N2O3S/c1-2-29-21(28)16(11-25)20-26(15-7-4-13(22)5-8-15)19(27)18(30-20)9-12-3-6-14(23)10-17(12)24/h3-8,10,18H,2,9H2,1H3. The monoisotopic (exact) mass is 524 g/mol. The minimum absolute atomic E-state index is 0.123. The molecule has 0 N–H and O–H groups in total. The van der Waals surface area contributed by atoms with Crippen molar-refractivity contribution in [3.63, 3.8) is 0 Å². The summed E-state index contributed by atoms with van der Waals surface area (Å²) in [6.07, 6.45) is 0.317. The van der Waals surface area contributed by atoms with Gasteiger partial charge in [0, 0.05) is 20.2 Å². The van der Waals surface area contributed by atoms with E-state index in [-0.39, 0.29) is 23.1 Å². The second-order valence-electron chi connectivity index (χ2n) is 6.21. The van der Waals surface area contributed by atoms with E-state index in [1.807, 2.05) is 6.07 Å². The van der Waals surface area contributed by atoms with E-state index in [2.05, 4.69) is 15.9 Å². The molecule has 1 fully saturated rings. The first-order valence-corrected chi connectivity index (χ1v) is 11.3. The molecule has 2 aromatic rings. The number of amides is 1. The Morgan fingerprint density at radius 1 is 1.27 bits per heavy atom. The highest BCUT2D eigenvalue weighted by Gasteiger charge is 2.41. The van der Waals surface area contributed by atoms with E-state index in [0.717, 1.165) is 21.8 Å². The topological polar surface area (TPSA) is 70.4 Å². The first kappa shape index (κ1) is 22.7. The SMILES string of the molecule is CCOC(=O)C(C#N)=C1SC(Cc2ccc(Cl)cc2Cl)C(=O)N1c1ccc(Br)cc1. The van der Waals surface area contributed by atoms with Crippen molar-refractivity contribution in [2.75, 3.05) is 11.5 Å². The number of ether oxygens (including phenoxy) is 1. The Labute approximate surface area is 196 Å². The average molecular weight is 526 g/mol. The van der Waals surface area contributed by atoms with Crippen molar-refractivity contribution in [1.82, 2.24) is 0 Å². The van der Waals surface area contributed by atoms with Gasteiger partial charge < -0.3 is 4.74 Å². The summed E-state index contributed by atoms with van der Waals surface area (Å²) in [5.74, 6) is -1.01. The van der Waals surface area contributed by atoms with E-state index >= 15 is 0 Å². The van der Waals surface area contributed by atoms with Gasteiger partial charge in [-0.05, 0) is 55.3 Å². The van der Waals surface area contributed by atoms with E-state index in [4.69, 9.17) is 27.9 Å². The molecule has 0 spiro atoms. The van der Waals surface area contributed by atoms with Crippen LogP contribution >= 0.6 is 50.9 Å². The fraction of sp³-hybridized carbons (Fsp3) is 0.190. The lowest BCUT2D eigenvalue weighted by Gasteiger charge is -2.18. The summed E-state index contributed by atoms with van der Waals surface area (Å²) in [7, 11) is 0. The van der Waals surface area contributed by atoms with E-state index in [1.165, 1.54) is 4.90 Å². The van der Waals surface area contributed by atoms with Gasteiger partial charge in [-0.1, -0.05) is 57.0 Å². The largest absolute Gasteiger partial charge is 0.462 e. The quantitative estimate of drug-likeness (QED) is 0.282. The number of nitrogens with zero attached hydrogens (tertiary/aromatic N) is 2. The summed E-state index contributed by atoms with van der Waals surface area (Å²) >= 11 is 16.8. The van der Waals surface area contributed by atoms with Gasteiger partial charge in [0.2, 0.25) is 5.91 Å². The van der Waals surface area contributed by atoms with Crippen LogP contribution in [-0.2, 0) is 20.7 Å². The van der Waals surface area contributed by atoms with Crippen LogP contribution in [0.3, 0.4) is 0 Å². The Bertz CT molecular complexity index is 1070. The predicted molar refractivity (Wildman–Crippen MR) is 122 cm³/mol. The minimum atomic E-state index is -0.761. The number of esters is 1. The Morgan fingerprint density at radius 2 is 1.97 bits per heavy atom. The highest BCUT2D eigenvalue weighted by molar-refractivity contribution is 9.10. The van der Waals surface area contributed by atoms with Crippen LogP contribution in [0.2, 0.25) is 10.0 Å². The molecule has 0 aliphatic carbocycles. The van der Waals surface area contributed by atoms with E-state index in [0.29, 0.717) is 22.2 Å². The van der Waals surface area contributed by atoms with Gasteiger partial charge in [0.15, 0.2) is 5.57 Å². The van der Waals surface area contributed by atoms with Crippen molar-refractivity contribution in [3.8, 4) is 6.07 Å². The lowest BCUT2D eigenvalue weighted by molar-refractivity contribution is -0.138. The number of halogens is 3. The highest BCUT2D eigenvalue weighted by Crippen LogP contribution is 2.42. The van der Waals surface area contributed by atoms with Crippen molar-refractivity contribution >= 4 is 68.5 Å². The molecule has 1 amide bonds. The molecule has 9 heteroatoms. The lowest BCUT2D eigenvalue weighted by atomic mass is 10.1. The van der Waals surface area contributed by atoms with Gasteiger partial charge in [0.25, 0.3) is 0 Å². The molecule has 1 aliphatic rings. The normalized spacial score (nSPS) is 17.6. The molecule has 3 rings (SSSR count). The number of carbonyl (C=O) groups excluding carboxylic acids is 2. The summed E-state index contributed by atoms with van der Waals surface area (Å²) in [5, 5.41) is 10.3. The highest BCUT2D eigenvalue weighted by atomic mass is 79.9. The molecular formula is C21H15BrCl2N2O3S. The van der Waals surface area contributed by atoms with Crippen molar-refractivity contribution in [1.29, 1.82) is 5.26 Å². The van der Waals surface area contributed by atoms with Gasteiger partial charge in [-0.25, -0.2) is 4.79 Å². The summed E-state index contributed by atoms with van der Waals surface area (Å²) in [4.78, 5) is 27.1. The molecule has 0 radical (unpaired) electrons. The molecular weight excluding hydrogens is 511 g/mol. The lowest BCUT2D eigenvalue weighted by Crippen LogP contribution is -2.30. The zero-order chi connectivity index (χ0) is 21.8. The molecule has 30 heavy (non-hydrogen) atoms. The zero-order valence-corrected chi connectivity index (χ0v) is 19.6. The van der Waals surface area contributed by atoms with Crippen molar-refractivity contribution in [2.45, 2.75) is 18.6 Å². The second-order valence-corrected chi connectivity index (χ2v) is 9.16. The summed E-state index contributed by atoms with van der Waals surface area (Å²) < 4.78 is 5.86. The summed E-state index contributed by atoms with van der Waals surface area (Å²) in [6.45, 7) is 1.78. The van der Waals surface area contributed by atoms with Crippen LogP contribution in [0, 0.1) is 11.3 Å². The molecule has 154 valence electrons. The second kappa shape index (κ2) is 9.88. The predicted octanol–water partition coefficient (Wildman–Crippen LogP) is 5.75. The summed E-state index contributed by atoms with van der Waals surface area (Å²) in [6, 6.07) is 14.0. The third-order valence-corrected chi connectivity index (χ3v) is 6.64. The number of hydrogen-bond donors (Lipinski definition) is 0. The van der Waals surface area contributed by atoms with Crippen LogP contribution in [0.25, 0.3) is 0 Å². The number of carbonyl (C=O) groups is 2. The van der Waals surface area contributed by atoms with Crippen LogP contribution in [0.5, 0.6) is 0 Å².